The van der Waals surface area contributed by atoms with Crippen molar-refractivity contribution in [2.45, 2.75) is 32.9 Å². The van der Waals surface area contributed by atoms with Crippen LogP contribution in [-0.4, -0.2) is 15.5 Å². The van der Waals surface area contributed by atoms with E-state index in [0.29, 0.717) is 11.3 Å². The molecule has 0 aliphatic rings. The molecule has 0 saturated carbocycles. The SMILES string of the molecule is CC(C)(C)n1ncc(Oc2ccc(CO/N=C(\C#N)c3ccccc3)cc2)c(Cl)c1=O. The van der Waals surface area contributed by atoms with Crippen LogP contribution < -0.4 is 10.3 Å². The Morgan fingerprint density at radius 1 is 1.16 bits per heavy atom. The van der Waals surface area contributed by atoms with Gasteiger partial charge in [-0.2, -0.15) is 10.4 Å². The van der Waals surface area contributed by atoms with Gasteiger partial charge in [0.1, 0.15) is 18.4 Å². The first kappa shape index (κ1) is 22.1. The van der Waals surface area contributed by atoms with E-state index < -0.39 is 11.1 Å². The number of benzene rings is 2. The van der Waals surface area contributed by atoms with Gasteiger partial charge in [0.05, 0.1) is 11.7 Å². The van der Waals surface area contributed by atoms with Crippen LogP contribution in [0.1, 0.15) is 31.9 Å². The van der Waals surface area contributed by atoms with Gasteiger partial charge in [0, 0.05) is 5.56 Å². The third-order valence-corrected chi connectivity index (χ3v) is 4.56. The fourth-order valence-corrected chi connectivity index (χ4v) is 2.82. The van der Waals surface area contributed by atoms with Crippen LogP contribution >= 0.6 is 11.6 Å². The summed E-state index contributed by atoms with van der Waals surface area (Å²) >= 11 is 6.19. The molecule has 0 atom stereocenters. The topological polar surface area (TPSA) is 89.5 Å². The summed E-state index contributed by atoms with van der Waals surface area (Å²) in [4.78, 5) is 17.7. The molecule has 0 saturated heterocycles. The fourth-order valence-electron chi connectivity index (χ4n) is 2.65. The van der Waals surface area contributed by atoms with Crippen LogP contribution in [0.4, 0.5) is 0 Å². The molecule has 2 aromatic carbocycles. The van der Waals surface area contributed by atoms with Gasteiger partial charge in [-0.15, -0.1) is 0 Å². The third-order valence-electron chi connectivity index (χ3n) is 4.21. The summed E-state index contributed by atoms with van der Waals surface area (Å²) in [5.41, 5.74) is 0.811. The first-order valence-corrected chi connectivity index (χ1v) is 9.88. The summed E-state index contributed by atoms with van der Waals surface area (Å²) in [6.07, 6.45) is 1.42. The first-order valence-electron chi connectivity index (χ1n) is 9.50. The summed E-state index contributed by atoms with van der Waals surface area (Å²) in [7, 11) is 0. The number of hydrogen-bond acceptors (Lipinski definition) is 6. The van der Waals surface area contributed by atoms with Crippen molar-refractivity contribution in [3.63, 3.8) is 0 Å². The second kappa shape index (κ2) is 9.45. The molecular weight excluding hydrogens is 416 g/mol. The van der Waals surface area contributed by atoms with Gasteiger partial charge in [0.25, 0.3) is 5.56 Å². The Morgan fingerprint density at radius 3 is 2.45 bits per heavy atom. The number of halogens is 1. The van der Waals surface area contributed by atoms with Gasteiger partial charge in [-0.25, -0.2) is 4.68 Å². The van der Waals surface area contributed by atoms with Gasteiger partial charge >= 0.3 is 0 Å². The second-order valence-electron chi connectivity index (χ2n) is 7.65. The highest BCUT2D eigenvalue weighted by Gasteiger charge is 2.20. The quantitative estimate of drug-likeness (QED) is 0.405. The zero-order valence-electron chi connectivity index (χ0n) is 17.4. The van der Waals surface area contributed by atoms with Crippen molar-refractivity contribution in [3.05, 3.63) is 87.3 Å². The number of hydrogen-bond donors (Lipinski definition) is 0. The molecule has 0 fully saturated rings. The smallest absolute Gasteiger partial charge is 0.289 e. The van der Waals surface area contributed by atoms with E-state index in [1.165, 1.54) is 10.9 Å². The minimum atomic E-state index is -0.491. The van der Waals surface area contributed by atoms with Gasteiger partial charge in [-0.05, 0) is 38.5 Å². The van der Waals surface area contributed by atoms with Crippen molar-refractivity contribution < 1.29 is 9.57 Å². The second-order valence-corrected chi connectivity index (χ2v) is 8.03. The monoisotopic (exact) mass is 436 g/mol. The Bertz CT molecular complexity index is 1170. The molecular formula is C23H21ClN4O3. The largest absolute Gasteiger partial charge is 0.454 e. The predicted octanol–water partition coefficient (Wildman–Crippen LogP) is 4.89. The molecule has 3 aromatic rings. The Balaban J connectivity index is 1.66. The van der Waals surface area contributed by atoms with E-state index in [9.17, 15) is 10.1 Å². The number of oxime groups is 1. The number of nitriles is 1. The maximum absolute atomic E-state index is 12.4. The maximum atomic E-state index is 12.4. The van der Waals surface area contributed by atoms with Crippen LogP contribution in [0.3, 0.4) is 0 Å². The van der Waals surface area contributed by atoms with E-state index in [0.717, 1.165) is 5.56 Å². The van der Waals surface area contributed by atoms with E-state index in [4.69, 9.17) is 21.2 Å². The summed E-state index contributed by atoms with van der Waals surface area (Å²) in [5, 5.41) is 17.3. The van der Waals surface area contributed by atoms with E-state index in [-0.39, 0.29) is 23.1 Å². The molecule has 0 N–H and O–H groups in total. The van der Waals surface area contributed by atoms with Crippen molar-refractivity contribution in [1.29, 1.82) is 5.26 Å². The minimum absolute atomic E-state index is 0.0309. The predicted molar refractivity (Wildman–Crippen MR) is 118 cm³/mol. The molecule has 1 aromatic heterocycles. The molecule has 158 valence electrons. The molecule has 0 aliphatic heterocycles. The van der Waals surface area contributed by atoms with E-state index in [1.807, 2.05) is 45.0 Å². The Kier molecular flexibility index (Phi) is 6.73. The van der Waals surface area contributed by atoms with Crippen LogP contribution in [-0.2, 0) is 17.0 Å². The third kappa shape index (κ3) is 5.50. The molecule has 1 heterocycles. The van der Waals surface area contributed by atoms with E-state index in [2.05, 4.69) is 10.3 Å². The van der Waals surface area contributed by atoms with Crippen molar-refractivity contribution in [2.24, 2.45) is 5.16 Å². The highest BCUT2D eigenvalue weighted by Crippen LogP contribution is 2.27. The van der Waals surface area contributed by atoms with Gasteiger partial charge in [-0.3, -0.25) is 4.79 Å². The normalized spacial score (nSPS) is 11.6. The lowest BCUT2D eigenvalue weighted by Crippen LogP contribution is -2.36. The maximum Gasteiger partial charge on any atom is 0.289 e. The average molecular weight is 437 g/mol. The zero-order valence-corrected chi connectivity index (χ0v) is 18.1. The van der Waals surface area contributed by atoms with Crippen LogP contribution in [0.2, 0.25) is 5.02 Å². The Hall–Kier alpha value is -3.63. The molecule has 0 aliphatic carbocycles. The molecule has 0 bridgehead atoms. The van der Waals surface area contributed by atoms with Gasteiger partial charge < -0.3 is 9.57 Å². The average Bonchev–Trinajstić information content (AvgIpc) is 2.75. The molecule has 0 unspecified atom stereocenters. The molecule has 0 spiro atoms. The van der Waals surface area contributed by atoms with Crippen molar-refractivity contribution in [2.75, 3.05) is 0 Å². The number of rotatable bonds is 6. The van der Waals surface area contributed by atoms with Gasteiger partial charge in [-0.1, -0.05) is 59.2 Å². The number of aromatic nitrogens is 2. The molecule has 7 nitrogen and oxygen atoms in total. The first-order chi connectivity index (χ1) is 14.8. The lowest BCUT2D eigenvalue weighted by molar-refractivity contribution is 0.131. The van der Waals surface area contributed by atoms with Crippen LogP contribution in [0, 0.1) is 11.3 Å². The van der Waals surface area contributed by atoms with Crippen LogP contribution in [0.15, 0.2) is 70.7 Å². The van der Waals surface area contributed by atoms with Crippen LogP contribution in [0.25, 0.3) is 0 Å². The number of ether oxygens (including phenoxy) is 1. The summed E-state index contributed by atoms with van der Waals surface area (Å²) in [5.74, 6) is 0.674. The number of nitrogens with zero attached hydrogens (tertiary/aromatic N) is 4. The van der Waals surface area contributed by atoms with Gasteiger partial charge in [0.15, 0.2) is 16.5 Å². The molecule has 0 radical (unpaired) electrons. The zero-order chi connectivity index (χ0) is 22.4. The molecule has 3 rings (SSSR count). The summed E-state index contributed by atoms with van der Waals surface area (Å²) in [6, 6.07) is 18.1. The summed E-state index contributed by atoms with van der Waals surface area (Å²) in [6.45, 7) is 5.77. The fraction of sp³-hybridized carbons (Fsp3) is 0.217. The Morgan fingerprint density at radius 2 is 1.84 bits per heavy atom. The van der Waals surface area contributed by atoms with Crippen molar-refractivity contribution >= 4 is 17.3 Å². The molecule has 0 amide bonds. The van der Waals surface area contributed by atoms with Crippen molar-refractivity contribution in [3.8, 4) is 17.6 Å². The highest BCUT2D eigenvalue weighted by molar-refractivity contribution is 6.31. The molecule has 8 heteroatoms. The lowest BCUT2D eigenvalue weighted by Gasteiger charge is -2.21. The van der Waals surface area contributed by atoms with Crippen molar-refractivity contribution in [1.82, 2.24) is 9.78 Å². The molecule has 31 heavy (non-hydrogen) atoms. The van der Waals surface area contributed by atoms with Crippen LogP contribution in [0.5, 0.6) is 11.5 Å². The van der Waals surface area contributed by atoms with E-state index >= 15 is 0 Å². The van der Waals surface area contributed by atoms with Gasteiger partial charge in [0.2, 0.25) is 0 Å². The standard InChI is InChI=1S/C23H21ClN4O3/c1-23(2,3)28-22(29)21(24)20(14-26-28)31-18-11-9-16(10-12-18)15-30-27-19(13-25)17-7-5-4-6-8-17/h4-12,14H,15H2,1-3H3/b27-19+. The lowest BCUT2D eigenvalue weighted by atomic mass is 10.1. The van der Waals surface area contributed by atoms with E-state index in [1.54, 1.807) is 36.4 Å². The Labute approximate surface area is 185 Å². The summed E-state index contributed by atoms with van der Waals surface area (Å²) < 4.78 is 7.02. The highest BCUT2D eigenvalue weighted by atomic mass is 35.5. The minimum Gasteiger partial charge on any atom is -0.454 e.